The standard InChI is InChI=1S/C19H29NO/c1-18(2,3)14-17(21)20-16-10-12-19(4,13-11-16)15-8-6-5-7-9-15/h5-9,16H,10-14H2,1-4H3,(H,20,21). The van der Waals surface area contributed by atoms with Crippen LogP contribution < -0.4 is 5.32 Å². The predicted molar refractivity (Wildman–Crippen MR) is 88.3 cm³/mol. The van der Waals surface area contributed by atoms with Gasteiger partial charge in [-0.2, -0.15) is 0 Å². The first kappa shape index (κ1) is 16.1. The van der Waals surface area contributed by atoms with Crippen LogP contribution in [0, 0.1) is 5.41 Å². The first-order chi connectivity index (χ1) is 9.78. The van der Waals surface area contributed by atoms with Gasteiger partial charge in [0, 0.05) is 12.5 Å². The van der Waals surface area contributed by atoms with E-state index in [-0.39, 0.29) is 16.7 Å². The molecule has 0 radical (unpaired) electrons. The Morgan fingerprint density at radius 1 is 1.19 bits per heavy atom. The van der Waals surface area contributed by atoms with Gasteiger partial charge in [-0.15, -0.1) is 0 Å². The molecule has 1 aromatic carbocycles. The Morgan fingerprint density at radius 2 is 1.76 bits per heavy atom. The molecule has 1 fully saturated rings. The Morgan fingerprint density at radius 3 is 2.29 bits per heavy atom. The third kappa shape index (κ3) is 4.59. The molecule has 116 valence electrons. The van der Waals surface area contributed by atoms with E-state index in [1.165, 1.54) is 5.56 Å². The van der Waals surface area contributed by atoms with E-state index in [0.29, 0.717) is 12.5 Å². The molecule has 0 spiro atoms. The fourth-order valence-electron chi connectivity index (χ4n) is 3.29. The summed E-state index contributed by atoms with van der Waals surface area (Å²) >= 11 is 0. The van der Waals surface area contributed by atoms with E-state index in [1.807, 2.05) is 0 Å². The molecule has 0 unspecified atom stereocenters. The Bertz CT molecular complexity index is 464. The fraction of sp³-hybridized carbons (Fsp3) is 0.632. The number of nitrogens with one attached hydrogen (secondary N) is 1. The van der Waals surface area contributed by atoms with Gasteiger partial charge in [0.25, 0.3) is 0 Å². The molecule has 1 N–H and O–H groups in total. The van der Waals surface area contributed by atoms with Crippen LogP contribution in [0.5, 0.6) is 0 Å². The van der Waals surface area contributed by atoms with Gasteiger partial charge in [-0.25, -0.2) is 0 Å². The number of hydrogen-bond acceptors (Lipinski definition) is 1. The third-order valence-electron chi connectivity index (χ3n) is 4.62. The van der Waals surface area contributed by atoms with Crippen LogP contribution in [0.1, 0.15) is 65.4 Å². The maximum Gasteiger partial charge on any atom is 0.220 e. The topological polar surface area (TPSA) is 29.1 Å². The van der Waals surface area contributed by atoms with Gasteiger partial charge in [0.1, 0.15) is 0 Å². The maximum atomic E-state index is 12.0. The molecule has 0 saturated heterocycles. The molecule has 2 rings (SSSR count). The second kappa shape index (κ2) is 6.21. The van der Waals surface area contributed by atoms with Gasteiger partial charge < -0.3 is 5.32 Å². The molecule has 0 bridgehead atoms. The lowest BCUT2D eigenvalue weighted by Crippen LogP contribution is -2.42. The van der Waals surface area contributed by atoms with E-state index >= 15 is 0 Å². The molecular formula is C19H29NO. The highest BCUT2D eigenvalue weighted by atomic mass is 16.1. The second-order valence-electron chi connectivity index (χ2n) is 8.01. The van der Waals surface area contributed by atoms with Crippen molar-refractivity contribution in [1.82, 2.24) is 5.32 Å². The quantitative estimate of drug-likeness (QED) is 0.875. The van der Waals surface area contributed by atoms with Crippen LogP contribution >= 0.6 is 0 Å². The Kier molecular flexibility index (Phi) is 4.75. The van der Waals surface area contributed by atoms with Gasteiger partial charge >= 0.3 is 0 Å². The van der Waals surface area contributed by atoms with E-state index in [9.17, 15) is 4.79 Å². The molecule has 1 aliphatic carbocycles. The minimum absolute atomic E-state index is 0.0668. The lowest BCUT2D eigenvalue weighted by Gasteiger charge is -2.38. The zero-order valence-corrected chi connectivity index (χ0v) is 13.9. The van der Waals surface area contributed by atoms with Crippen LogP contribution in [0.4, 0.5) is 0 Å². The molecule has 21 heavy (non-hydrogen) atoms. The van der Waals surface area contributed by atoms with Gasteiger partial charge in [0.2, 0.25) is 5.91 Å². The van der Waals surface area contributed by atoms with Gasteiger partial charge in [0.15, 0.2) is 0 Å². The molecule has 0 aliphatic heterocycles. The van der Waals surface area contributed by atoms with Crippen molar-refractivity contribution in [2.24, 2.45) is 5.41 Å². The summed E-state index contributed by atoms with van der Waals surface area (Å²) in [6, 6.07) is 11.1. The van der Waals surface area contributed by atoms with Crippen molar-refractivity contribution < 1.29 is 4.79 Å². The van der Waals surface area contributed by atoms with Crippen molar-refractivity contribution >= 4 is 5.91 Å². The number of rotatable bonds is 3. The van der Waals surface area contributed by atoms with Crippen LogP contribution in [0.3, 0.4) is 0 Å². The average molecular weight is 287 g/mol. The summed E-state index contributed by atoms with van der Waals surface area (Å²) in [6.07, 6.45) is 5.08. The van der Waals surface area contributed by atoms with Crippen LogP contribution in [0.2, 0.25) is 0 Å². The van der Waals surface area contributed by atoms with Crippen molar-refractivity contribution in [1.29, 1.82) is 0 Å². The van der Waals surface area contributed by atoms with Crippen LogP contribution in [-0.4, -0.2) is 11.9 Å². The zero-order chi connectivity index (χ0) is 15.5. The summed E-state index contributed by atoms with van der Waals surface area (Å²) in [5, 5.41) is 3.23. The highest BCUT2D eigenvalue weighted by molar-refractivity contribution is 5.76. The monoisotopic (exact) mass is 287 g/mol. The Hall–Kier alpha value is -1.31. The lowest BCUT2D eigenvalue weighted by molar-refractivity contribution is -0.123. The lowest BCUT2D eigenvalue weighted by atomic mass is 9.69. The summed E-state index contributed by atoms with van der Waals surface area (Å²) in [7, 11) is 0. The largest absolute Gasteiger partial charge is 0.353 e. The molecule has 1 aliphatic rings. The van der Waals surface area contributed by atoms with Gasteiger partial charge in [0.05, 0.1) is 0 Å². The number of amides is 1. The van der Waals surface area contributed by atoms with E-state index in [1.54, 1.807) is 0 Å². The number of benzene rings is 1. The predicted octanol–water partition coefficient (Wildman–Crippen LogP) is 4.44. The number of carbonyl (C=O) groups is 1. The summed E-state index contributed by atoms with van der Waals surface area (Å²) in [5.74, 6) is 0.204. The highest BCUT2D eigenvalue weighted by Gasteiger charge is 2.33. The first-order valence-corrected chi connectivity index (χ1v) is 8.13. The molecular weight excluding hydrogens is 258 g/mol. The van der Waals surface area contributed by atoms with E-state index in [4.69, 9.17) is 0 Å². The van der Waals surface area contributed by atoms with Gasteiger partial charge in [-0.05, 0) is 42.1 Å². The van der Waals surface area contributed by atoms with Crippen molar-refractivity contribution in [3.05, 3.63) is 35.9 Å². The molecule has 0 heterocycles. The summed E-state index contributed by atoms with van der Waals surface area (Å²) < 4.78 is 0. The zero-order valence-electron chi connectivity index (χ0n) is 13.9. The van der Waals surface area contributed by atoms with Crippen LogP contribution in [-0.2, 0) is 10.2 Å². The van der Waals surface area contributed by atoms with E-state index in [0.717, 1.165) is 25.7 Å². The number of carbonyl (C=O) groups excluding carboxylic acids is 1. The van der Waals surface area contributed by atoms with Crippen molar-refractivity contribution in [3.63, 3.8) is 0 Å². The van der Waals surface area contributed by atoms with Gasteiger partial charge in [-0.3, -0.25) is 4.79 Å². The second-order valence-corrected chi connectivity index (χ2v) is 8.01. The summed E-state index contributed by atoms with van der Waals surface area (Å²) in [5.41, 5.74) is 1.77. The van der Waals surface area contributed by atoms with Crippen molar-refractivity contribution in [3.8, 4) is 0 Å². The summed E-state index contributed by atoms with van der Waals surface area (Å²) in [4.78, 5) is 12.0. The average Bonchev–Trinajstić information content (AvgIpc) is 2.40. The maximum absolute atomic E-state index is 12.0. The van der Waals surface area contributed by atoms with Crippen LogP contribution in [0.15, 0.2) is 30.3 Å². The van der Waals surface area contributed by atoms with E-state index in [2.05, 4.69) is 63.3 Å². The first-order valence-electron chi connectivity index (χ1n) is 8.13. The highest BCUT2D eigenvalue weighted by Crippen LogP contribution is 2.39. The van der Waals surface area contributed by atoms with Crippen molar-refractivity contribution in [2.45, 2.75) is 71.3 Å². The molecule has 1 saturated carbocycles. The fourth-order valence-corrected chi connectivity index (χ4v) is 3.29. The molecule has 2 heteroatoms. The molecule has 1 aromatic rings. The Labute approximate surface area is 129 Å². The minimum atomic E-state index is 0.0668. The van der Waals surface area contributed by atoms with Crippen molar-refractivity contribution in [2.75, 3.05) is 0 Å². The van der Waals surface area contributed by atoms with Crippen LogP contribution in [0.25, 0.3) is 0 Å². The normalized spacial score (nSPS) is 26.4. The molecule has 2 nitrogen and oxygen atoms in total. The third-order valence-corrected chi connectivity index (χ3v) is 4.62. The minimum Gasteiger partial charge on any atom is -0.353 e. The summed E-state index contributed by atoms with van der Waals surface area (Å²) in [6.45, 7) is 8.69. The molecule has 0 atom stereocenters. The SMILES string of the molecule is CC(C)(C)CC(=O)NC1CCC(C)(c2ccccc2)CC1. The molecule has 0 aromatic heterocycles. The smallest absolute Gasteiger partial charge is 0.220 e. The Balaban J connectivity index is 1.87. The van der Waals surface area contributed by atoms with E-state index < -0.39 is 0 Å². The van der Waals surface area contributed by atoms with Gasteiger partial charge in [-0.1, -0.05) is 58.0 Å². The number of hydrogen-bond donors (Lipinski definition) is 1. The molecule has 1 amide bonds.